The van der Waals surface area contributed by atoms with Gasteiger partial charge in [0.2, 0.25) is 0 Å². The van der Waals surface area contributed by atoms with Gasteiger partial charge in [-0.3, -0.25) is 4.99 Å². The predicted molar refractivity (Wildman–Crippen MR) is 99.4 cm³/mol. The van der Waals surface area contributed by atoms with Gasteiger partial charge in [0.25, 0.3) is 0 Å². The minimum atomic E-state index is -3.00. The van der Waals surface area contributed by atoms with Crippen molar-refractivity contribution < 1.29 is 8.42 Å². The van der Waals surface area contributed by atoms with Crippen LogP contribution in [0.2, 0.25) is 0 Å². The Kier molecular flexibility index (Phi) is 8.48. The molecule has 1 saturated heterocycles. The first kappa shape index (κ1) is 20.9. The van der Waals surface area contributed by atoms with Gasteiger partial charge in [-0.15, -0.1) is 24.0 Å². The van der Waals surface area contributed by atoms with Crippen molar-refractivity contribution >= 4 is 39.8 Å². The van der Waals surface area contributed by atoms with Crippen LogP contribution in [-0.2, 0) is 9.84 Å². The van der Waals surface area contributed by atoms with Crippen molar-refractivity contribution in [3.8, 4) is 0 Å². The summed E-state index contributed by atoms with van der Waals surface area (Å²) in [5.41, 5.74) is 0. The van der Waals surface area contributed by atoms with Crippen molar-refractivity contribution in [3.63, 3.8) is 0 Å². The Morgan fingerprint density at radius 1 is 1.38 bits per heavy atom. The second-order valence-corrected chi connectivity index (χ2v) is 8.87. The molecule has 1 fully saturated rings. The van der Waals surface area contributed by atoms with Gasteiger partial charge in [-0.1, -0.05) is 0 Å². The highest BCUT2D eigenvalue weighted by atomic mass is 127. The van der Waals surface area contributed by atoms with E-state index >= 15 is 0 Å². The van der Waals surface area contributed by atoms with Crippen LogP contribution in [0.4, 0.5) is 0 Å². The first-order valence-corrected chi connectivity index (χ1v) is 8.67. The van der Waals surface area contributed by atoms with Crippen molar-refractivity contribution in [1.82, 2.24) is 15.1 Å². The summed E-state index contributed by atoms with van der Waals surface area (Å²) < 4.78 is 23.3. The lowest BCUT2D eigenvalue weighted by Crippen LogP contribution is -2.57. The summed E-state index contributed by atoms with van der Waals surface area (Å²) in [6, 6.07) is 0. The van der Waals surface area contributed by atoms with E-state index in [1.54, 1.807) is 20.9 Å². The predicted octanol–water partition coefficient (Wildman–Crippen LogP) is 0.640. The molecular formula is C13H29IN4O2S. The fourth-order valence-corrected chi connectivity index (χ4v) is 3.62. The van der Waals surface area contributed by atoms with E-state index in [1.807, 2.05) is 19.0 Å². The van der Waals surface area contributed by atoms with Gasteiger partial charge in [0, 0.05) is 26.7 Å². The molecule has 21 heavy (non-hydrogen) atoms. The maximum atomic E-state index is 12.0. The number of hydrogen-bond acceptors (Lipinski definition) is 4. The van der Waals surface area contributed by atoms with Crippen LogP contribution in [0.3, 0.4) is 0 Å². The Labute approximate surface area is 146 Å². The van der Waals surface area contributed by atoms with Gasteiger partial charge in [-0.05, 0) is 40.9 Å². The molecule has 1 aliphatic rings. The largest absolute Gasteiger partial charge is 0.356 e. The van der Waals surface area contributed by atoms with Gasteiger partial charge in [-0.25, -0.2) is 8.42 Å². The van der Waals surface area contributed by atoms with E-state index in [0.29, 0.717) is 13.1 Å². The van der Waals surface area contributed by atoms with E-state index < -0.39 is 14.6 Å². The van der Waals surface area contributed by atoms with Crippen LogP contribution in [0, 0.1) is 0 Å². The van der Waals surface area contributed by atoms with Crippen LogP contribution in [0.1, 0.15) is 20.3 Å². The minimum absolute atomic E-state index is 0. The summed E-state index contributed by atoms with van der Waals surface area (Å²) in [6.45, 7) is 6.43. The van der Waals surface area contributed by atoms with Crippen molar-refractivity contribution in [2.45, 2.75) is 25.0 Å². The van der Waals surface area contributed by atoms with Crippen molar-refractivity contribution in [2.24, 2.45) is 4.99 Å². The van der Waals surface area contributed by atoms with Crippen LogP contribution in [0.25, 0.3) is 0 Å². The summed E-state index contributed by atoms with van der Waals surface area (Å²) in [7, 11) is 2.83. The number of sulfone groups is 1. The molecule has 1 aliphatic heterocycles. The molecule has 0 bridgehead atoms. The third-order valence-electron chi connectivity index (χ3n) is 3.62. The molecule has 0 aromatic heterocycles. The molecule has 0 saturated carbocycles. The molecule has 0 aromatic carbocycles. The van der Waals surface area contributed by atoms with Crippen LogP contribution < -0.4 is 5.32 Å². The first-order chi connectivity index (χ1) is 9.19. The normalized spacial score (nSPS) is 21.0. The van der Waals surface area contributed by atoms with Crippen LogP contribution in [-0.4, -0.2) is 82.0 Å². The maximum absolute atomic E-state index is 12.0. The Morgan fingerprint density at radius 2 is 2.00 bits per heavy atom. The third kappa shape index (κ3) is 5.90. The minimum Gasteiger partial charge on any atom is -0.356 e. The number of hydrogen-bond donors (Lipinski definition) is 1. The molecule has 0 aliphatic carbocycles. The topological polar surface area (TPSA) is 65.0 Å². The van der Waals surface area contributed by atoms with Crippen LogP contribution in [0.5, 0.6) is 0 Å². The van der Waals surface area contributed by atoms with Crippen molar-refractivity contribution in [2.75, 3.05) is 53.1 Å². The monoisotopic (exact) mass is 432 g/mol. The lowest BCUT2D eigenvalue weighted by atomic mass is 10.2. The summed E-state index contributed by atoms with van der Waals surface area (Å²) in [5, 5.41) is 3.31. The molecule has 0 amide bonds. The number of nitrogens with one attached hydrogen (secondary N) is 1. The standard InChI is InChI=1S/C13H28N4O2S.HI/c1-13(2)11-17(9-10-20(13,18)19)12(14-3)15-7-6-8-16(4)5;/h6-11H2,1-5H3,(H,14,15);1H. The third-order valence-corrected chi connectivity index (χ3v) is 6.15. The number of guanidine groups is 1. The second-order valence-electron chi connectivity index (χ2n) is 6.13. The zero-order chi connectivity index (χ0) is 15.4. The van der Waals surface area contributed by atoms with Crippen molar-refractivity contribution in [3.05, 3.63) is 0 Å². The highest BCUT2D eigenvalue weighted by molar-refractivity contribution is 14.0. The van der Waals surface area contributed by atoms with E-state index in [4.69, 9.17) is 0 Å². The molecule has 1 N–H and O–H groups in total. The lowest BCUT2D eigenvalue weighted by Gasteiger charge is -2.39. The van der Waals surface area contributed by atoms with E-state index in [2.05, 4.69) is 15.2 Å². The zero-order valence-corrected chi connectivity index (χ0v) is 16.9. The van der Waals surface area contributed by atoms with Crippen LogP contribution in [0.15, 0.2) is 4.99 Å². The van der Waals surface area contributed by atoms with E-state index in [9.17, 15) is 8.42 Å². The van der Waals surface area contributed by atoms with E-state index in [0.717, 1.165) is 25.5 Å². The SMILES string of the molecule is CN=C(NCCCN(C)C)N1CCS(=O)(=O)C(C)(C)C1.I. The summed E-state index contributed by atoms with van der Waals surface area (Å²) >= 11 is 0. The van der Waals surface area contributed by atoms with Gasteiger partial charge >= 0.3 is 0 Å². The Balaban J connectivity index is 0.00000400. The first-order valence-electron chi connectivity index (χ1n) is 7.02. The van der Waals surface area contributed by atoms with Crippen LogP contribution >= 0.6 is 24.0 Å². The highest BCUT2D eigenvalue weighted by Crippen LogP contribution is 2.23. The van der Waals surface area contributed by atoms with Crippen molar-refractivity contribution in [1.29, 1.82) is 0 Å². The smallest absolute Gasteiger partial charge is 0.193 e. The fraction of sp³-hybridized carbons (Fsp3) is 0.923. The summed E-state index contributed by atoms with van der Waals surface area (Å²) in [5.74, 6) is 0.991. The fourth-order valence-electron chi connectivity index (χ4n) is 2.25. The number of aliphatic imine (C=N–C) groups is 1. The molecule has 0 unspecified atom stereocenters. The molecule has 126 valence electrons. The molecule has 0 aromatic rings. The molecule has 8 heteroatoms. The number of rotatable bonds is 4. The Bertz CT molecular complexity index is 449. The van der Waals surface area contributed by atoms with E-state index in [-0.39, 0.29) is 29.7 Å². The molecular weight excluding hydrogens is 403 g/mol. The Morgan fingerprint density at radius 3 is 2.48 bits per heavy atom. The van der Waals surface area contributed by atoms with E-state index in [1.165, 1.54) is 0 Å². The van der Waals surface area contributed by atoms with Gasteiger partial charge in [0.05, 0.1) is 10.5 Å². The van der Waals surface area contributed by atoms with Gasteiger partial charge in [0.1, 0.15) is 0 Å². The molecule has 0 spiro atoms. The molecule has 1 rings (SSSR count). The maximum Gasteiger partial charge on any atom is 0.193 e. The average molecular weight is 432 g/mol. The quantitative estimate of drug-likeness (QED) is 0.306. The summed E-state index contributed by atoms with van der Waals surface area (Å²) in [6.07, 6.45) is 1.03. The molecule has 0 radical (unpaired) electrons. The second kappa shape index (κ2) is 8.52. The Hall–Kier alpha value is -0.0900. The van der Waals surface area contributed by atoms with Gasteiger partial charge < -0.3 is 15.1 Å². The number of nitrogens with zero attached hydrogens (tertiary/aromatic N) is 3. The average Bonchev–Trinajstić information content (AvgIpc) is 2.33. The highest BCUT2D eigenvalue weighted by Gasteiger charge is 2.40. The molecule has 1 heterocycles. The van der Waals surface area contributed by atoms with Gasteiger partial charge in [-0.2, -0.15) is 0 Å². The lowest BCUT2D eigenvalue weighted by molar-refractivity contribution is 0.350. The number of halogens is 1. The summed E-state index contributed by atoms with van der Waals surface area (Å²) in [4.78, 5) is 8.44. The zero-order valence-electron chi connectivity index (χ0n) is 13.7. The van der Waals surface area contributed by atoms with Gasteiger partial charge in [0.15, 0.2) is 15.8 Å². The molecule has 0 atom stereocenters. The molecule has 6 nitrogen and oxygen atoms in total.